The van der Waals surface area contributed by atoms with Gasteiger partial charge in [0.1, 0.15) is 0 Å². The number of halogens is 1. The third-order valence-electron chi connectivity index (χ3n) is 3.90. The fraction of sp³-hybridized carbons (Fsp3) is 0.118. The van der Waals surface area contributed by atoms with E-state index < -0.39 is 0 Å². The standard InChI is InChI=1S/C17H13ClN4O/c18-13-6-8-14(9-7-13)21-10-11-22-16(23)15(19-20-17(21)22)12-4-2-1-3-5-12/h1-9H,10-11H2. The Balaban J connectivity index is 1.78. The lowest BCUT2D eigenvalue weighted by atomic mass is 10.2. The average Bonchev–Trinajstić information content (AvgIpc) is 3.02. The van der Waals surface area contributed by atoms with Crippen LogP contribution in [0, 0.1) is 0 Å². The van der Waals surface area contributed by atoms with Gasteiger partial charge in [0.25, 0.3) is 5.56 Å². The van der Waals surface area contributed by atoms with Crippen LogP contribution in [0.5, 0.6) is 0 Å². The van der Waals surface area contributed by atoms with E-state index in [-0.39, 0.29) is 5.56 Å². The summed E-state index contributed by atoms with van der Waals surface area (Å²) < 4.78 is 1.67. The van der Waals surface area contributed by atoms with Crippen LogP contribution in [0.3, 0.4) is 0 Å². The number of hydrogen-bond acceptors (Lipinski definition) is 4. The fourth-order valence-electron chi connectivity index (χ4n) is 2.75. The normalized spacial score (nSPS) is 13.2. The highest BCUT2D eigenvalue weighted by Gasteiger charge is 2.25. The van der Waals surface area contributed by atoms with Crippen LogP contribution in [0.4, 0.5) is 11.6 Å². The van der Waals surface area contributed by atoms with Crippen LogP contribution < -0.4 is 10.5 Å². The number of nitrogens with zero attached hydrogens (tertiary/aromatic N) is 4. The van der Waals surface area contributed by atoms with Gasteiger partial charge in [0.05, 0.1) is 0 Å². The van der Waals surface area contributed by atoms with Crippen molar-refractivity contribution in [2.45, 2.75) is 6.54 Å². The summed E-state index contributed by atoms with van der Waals surface area (Å²) in [5.41, 5.74) is 2.00. The van der Waals surface area contributed by atoms with Crippen LogP contribution in [0.2, 0.25) is 5.02 Å². The molecule has 0 bridgehead atoms. The topological polar surface area (TPSA) is 51.0 Å². The van der Waals surface area contributed by atoms with Crippen molar-refractivity contribution >= 4 is 23.2 Å². The summed E-state index contributed by atoms with van der Waals surface area (Å²) in [6, 6.07) is 16.9. The Labute approximate surface area is 137 Å². The highest BCUT2D eigenvalue weighted by Crippen LogP contribution is 2.28. The Bertz CT molecular complexity index is 906. The molecule has 5 nitrogen and oxygen atoms in total. The van der Waals surface area contributed by atoms with Gasteiger partial charge in [-0.2, -0.15) is 0 Å². The van der Waals surface area contributed by atoms with Crippen molar-refractivity contribution in [2.24, 2.45) is 0 Å². The third kappa shape index (κ3) is 2.39. The second kappa shape index (κ2) is 5.52. The molecule has 3 aromatic rings. The molecule has 114 valence electrons. The molecule has 0 fully saturated rings. The molecule has 1 aliphatic rings. The minimum Gasteiger partial charge on any atom is -0.309 e. The van der Waals surface area contributed by atoms with Crippen molar-refractivity contribution < 1.29 is 0 Å². The minimum absolute atomic E-state index is 0.113. The first-order valence-electron chi connectivity index (χ1n) is 7.30. The molecular formula is C17H13ClN4O. The first-order valence-corrected chi connectivity index (χ1v) is 7.68. The van der Waals surface area contributed by atoms with Gasteiger partial charge >= 0.3 is 0 Å². The maximum absolute atomic E-state index is 12.7. The number of hydrogen-bond donors (Lipinski definition) is 0. The van der Waals surface area contributed by atoms with Gasteiger partial charge in [0, 0.05) is 29.4 Å². The third-order valence-corrected chi connectivity index (χ3v) is 4.15. The molecule has 6 heteroatoms. The van der Waals surface area contributed by atoms with E-state index in [1.165, 1.54) is 0 Å². The Hall–Kier alpha value is -2.66. The first-order chi connectivity index (χ1) is 11.2. The molecule has 0 amide bonds. The molecule has 4 rings (SSSR count). The number of rotatable bonds is 2. The zero-order valence-electron chi connectivity index (χ0n) is 12.2. The van der Waals surface area contributed by atoms with E-state index >= 15 is 0 Å². The molecule has 0 saturated heterocycles. The van der Waals surface area contributed by atoms with E-state index in [9.17, 15) is 4.79 Å². The van der Waals surface area contributed by atoms with E-state index in [4.69, 9.17) is 11.6 Å². The van der Waals surface area contributed by atoms with E-state index in [2.05, 4.69) is 10.2 Å². The predicted octanol–water partition coefficient (Wildman–Crippen LogP) is 3.11. The largest absolute Gasteiger partial charge is 0.309 e. The van der Waals surface area contributed by atoms with E-state index in [0.717, 1.165) is 11.3 Å². The molecule has 0 spiro atoms. The summed E-state index contributed by atoms with van der Waals surface area (Å²) in [4.78, 5) is 14.7. The van der Waals surface area contributed by atoms with Crippen LogP contribution in [-0.2, 0) is 6.54 Å². The summed E-state index contributed by atoms with van der Waals surface area (Å²) in [7, 11) is 0. The predicted molar refractivity (Wildman–Crippen MR) is 90.2 cm³/mol. The minimum atomic E-state index is -0.113. The molecule has 23 heavy (non-hydrogen) atoms. The average molecular weight is 325 g/mol. The number of benzene rings is 2. The van der Waals surface area contributed by atoms with E-state index in [1.54, 1.807) is 4.57 Å². The Morgan fingerprint density at radius 2 is 1.65 bits per heavy atom. The van der Waals surface area contributed by atoms with Crippen LogP contribution in [-0.4, -0.2) is 21.3 Å². The Morgan fingerprint density at radius 3 is 2.39 bits per heavy atom. The SMILES string of the molecule is O=c1c(-c2ccccc2)nnc2n1CCN2c1ccc(Cl)cc1. The van der Waals surface area contributed by atoms with Gasteiger partial charge in [-0.05, 0) is 24.3 Å². The molecule has 0 aliphatic carbocycles. The van der Waals surface area contributed by atoms with Crippen molar-refractivity contribution in [1.82, 2.24) is 14.8 Å². The lowest BCUT2D eigenvalue weighted by Gasteiger charge is -2.16. The van der Waals surface area contributed by atoms with Gasteiger partial charge in [0.2, 0.25) is 5.95 Å². The number of anilines is 2. The molecule has 2 heterocycles. The van der Waals surface area contributed by atoms with Gasteiger partial charge in [0.15, 0.2) is 5.69 Å². The Morgan fingerprint density at radius 1 is 0.913 bits per heavy atom. The first kappa shape index (κ1) is 14.0. The van der Waals surface area contributed by atoms with Gasteiger partial charge < -0.3 is 4.90 Å². The van der Waals surface area contributed by atoms with E-state index in [0.29, 0.717) is 29.8 Å². The summed E-state index contributed by atoms with van der Waals surface area (Å²) in [6.45, 7) is 1.27. The fourth-order valence-corrected chi connectivity index (χ4v) is 2.88. The number of fused-ring (bicyclic) bond motifs is 1. The molecule has 1 aromatic heterocycles. The van der Waals surface area contributed by atoms with Gasteiger partial charge in [-0.1, -0.05) is 41.9 Å². The Kier molecular flexibility index (Phi) is 3.35. The molecular weight excluding hydrogens is 312 g/mol. The molecule has 1 aliphatic heterocycles. The van der Waals surface area contributed by atoms with Gasteiger partial charge in [-0.15, -0.1) is 10.2 Å². The quantitative estimate of drug-likeness (QED) is 0.727. The van der Waals surface area contributed by atoms with Crippen LogP contribution in [0.15, 0.2) is 59.4 Å². The van der Waals surface area contributed by atoms with Crippen LogP contribution in [0.25, 0.3) is 11.3 Å². The maximum Gasteiger partial charge on any atom is 0.281 e. The highest BCUT2D eigenvalue weighted by atomic mass is 35.5. The second-order valence-corrected chi connectivity index (χ2v) is 5.74. The molecule has 0 radical (unpaired) electrons. The zero-order valence-corrected chi connectivity index (χ0v) is 12.9. The molecule has 0 unspecified atom stereocenters. The maximum atomic E-state index is 12.7. The van der Waals surface area contributed by atoms with Crippen molar-refractivity contribution in [2.75, 3.05) is 11.4 Å². The monoisotopic (exact) mass is 324 g/mol. The molecule has 0 N–H and O–H groups in total. The number of aromatic nitrogens is 3. The molecule has 2 aromatic carbocycles. The van der Waals surface area contributed by atoms with Crippen LogP contribution in [0.1, 0.15) is 0 Å². The summed E-state index contributed by atoms with van der Waals surface area (Å²) in [6.07, 6.45) is 0. The molecule has 0 saturated carbocycles. The second-order valence-electron chi connectivity index (χ2n) is 5.30. The lowest BCUT2D eigenvalue weighted by Crippen LogP contribution is -2.23. The van der Waals surface area contributed by atoms with Crippen molar-refractivity contribution in [3.05, 3.63) is 70.0 Å². The molecule has 0 atom stereocenters. The van der Waals surface area contributed by atoms with Crippen LogP contribution >= 0.6 is 11.6 Å². The van der Waals surface area contributed by atoms with Gasteiger partial charge in [-0.3, -0.25) is 9.36 Å². The summed E-state index contributed by atoms with van der Waals surface area (Å²) in [5.74, 6) is 0.567. The van der Waals surface area contributed by atoms with Gasteiger partial charge in [-0.25, -0.2) is 0 Å². The summed E-state index contributed by atoms with van der Waals surface area (Å²) in [5, 5.41) is 9.12. The van der Waals surface area contributed by atoms with E-state index in [1.807, 2.05) is 59.5 Å². The lowest BCUT2D eigenvalue weighted by molar-refractivity contribution is 0.742. The highest BCUT2D eigenvalue weighted by molar-refractivity contribution is 6.30. The van der Waals surface area contributed by atoms with Crippen molar-refractivity contribution in [3.8, 4) is 11.3 Å². The van der Waals surface area contributed by atoms with Crippen molar-refractivity contribution in [1.29, 1.82) is 0 Å². The zero-order chi connectivity index (χ0) is 15.8. The van der Waals surface area contributed by atoms with Crippen molar-refractivity contribution in [3.63, 3.8) is 0 Å². The smallest absolute Gasteiger partial charge is 0.281 e. The summed E-state index contributed by atoms with van der Waals surface area (Å²) >= 11 is 5.93.